The Bertz CT molecular complexity index is 1680. The molecule has 0 fully saturated rings. The molecule has 224 valence electrons. The van der Waals surface area contributed by atoms with Crippen LogP contribution >= 0.6 is 23.2 Å². The third-order valence-electron chi connectivity index (χ3n) is 6.92. The maximum absolute atomic E-state index is 15.2. The summed E-state index contributed by atoms with van der Waals surface area (Å²) in [5.41, 5.74) is 1.65. The number of anilines is 1. The number of halogens is 3. The zero-order valence-electron chi connectivity index (χ0n) is 23.5. The summed E-state index contributed by atoms with van der Waals surface area (Å²) in [5.74, 6) is -2.09. The van der Waals surface area contributed by atoms with Crippen molar-refractivity contribution in [2.24, 2.45) is 0 Å². The maximum atomic E-state index is 15.2. The lowest BCUT2D eigenvalue weighted by Crippen LogP contribution is -2.53. The monoisotopic (exact) mass is 641 g/mol. The molecule has 4 aromatic carbocycles. The normalized spacial score (nSPS) is 11.9. The number of nitrogens with one attached hydrogen (secondary N) is 1. The minimum Gasteiger partial charge on any atom is -0.357 e. The number of benzene rings is 4. The molecular formula is C32H30Cl2FN3O4S. The summed E-state index contributed by atoms with van der Waals surface area (Å²) in [4.78, 5) is 28.7. The lowest BCUT2D eigenvalue weighted by Gasteiger charge is -2.34. The van der Waals surface area contributed by atoms with Crippen LogP contribution in [0.25, 0.3) is 0 Å². The number of carbonyl (C=O) groups excluding carboxylic acids is 2. The molecule has 43 heavy (non-hydrogen) atoms. The van der Waals surface area contributed by atoms with Crippen LogP contribution in [0, 0.1) is 12.7 Å². The van der Waals surface area contributed by atoms with Gasteiger partial charge in [0.1, 0.15) is 18.4 Å². The van der Waals surface area contributed by atoms with Crippen LogP contribution in [0.4, 0.5) is 10.1 Å². The SMILES string of the molecule is CNC(=O)[C@@H](Cc1ccccc1)N(Cc1c(Cl)cccc1Cl)C(=O)CN(c1ccccc1F)S(=O)(=O)c1ccc(C)cc1. The highest BCUT2D eigenvalue weighted by atomic mass is 35.5. The van der Waals surface area contributed by atoms with E-state index in [2.05, 4.69) is 5.32 Å². The molecule has 4 aromatic rings. The Kier molecular flexibility index (Phi) is 10.4. The van der Waals surface area contributed by atoms with Crippen LogP contribution in [0.3, 0.4) is 0 Å². The fraction of sp³-hybridized carbons (Fsp3) is 0.188. The Balaban J connectivity index is 1.83. The molecule has 0 bridgehead atoms. The average Bonchev–Trinajstić information content (AvgIpc) is 2.99. The first-order valence-corrected chi connectivity index (χ1v) is 15.5. The predicted octanol–water partition coefficient (Wildman–Crippen LogP) is 6.02. The molecule has 0 aliphatic carbocycles. The summed E-state index contributed by atoms with van der Waals surface area (Å²) >= 11 is 12.9. The molecule has 0 unspecified atom stereocenters. The summed E-state index contributed by atoms with van der Waals surface area (Å²) < 4.78 is 43.8. The Morgan fingerprint density at radius 3 is 2.07 bits per heavy atom. The molecule has 0 saturated carbocycles. The van der Waals surface area contributed by atoms with E-state index in [-0.39, 0.29) is 33.6 Å². The number of para-hydroxylation sites is 1. The first kappa shape index (κ1) is 32.0. The molecule has 0 aliphatic rings. The van der Waals surface area contributed by atoms with E-state index in [1.807, 2.05) is 18.2 Å². The fourth-order valence-corrected chi connectivity index (χ4v) is 6.52. The van der Waals surface area contributed by atoms with Gasteiger partial charge in [-0.25, -0.2) is 12.8 Å². The van der Waals surface area contributed by atoms with Gasteiger partial charge in [-0.05, 0) is 48.9 Å². The number of likely N-dealkylation sites (N-methyl/N-ethyl adjacent to an activating group) is 1. The molecule has 0 heterocycles. The highest BCUT2D eigenvalue weighted by molar-refractivity contribution is 7.92. The number of sulfonamides is 1. The number of hydrogen-bond acceptors (Lipinski definition) is 4. The summed E-state index contributed by atoms with van der Waals surface area (Å²) in [6.07, 6.45) is 0.110. The van der Waals surface area contributed by atoms with E-state index < -0.39 is 40.2 Å². The van der Waals surface area contributed by atoms with Gasteiger partial charge in [0.15, 0.2) is 0 Å². The van der Waals surface area contributed by atoms with Crippen LogP contribution < -0.4 is 9.62 Å². The number of carbonyl (C=O) groups is 2. The minimum atomic E-state index is -4.43. The molecule has 0 aromatic heterocycles. The standard InChI is InChI=1S/C32H30Cl2FN3O4S/c1-22-15-17-24(18-16-22)43(41,42)38(29-14-7-6-13-28(29)35)21-31(39)37(20-25-26(33)11-8-12-27(25)34)30(32(40)36-2)19-23-9-4-3-5-10-23/h3-18,30H,19-21H2,1-2H3,(H,36,40)/t30-/m1/s1. The van der Waals surface area contributed by atoms with Gasteiger partial charge >= 0.3 is 0 Å². The van der Waals surface area contributed by atoms with Crippen molar-refractivity contribution in [2.45, 2.75) is 30.8 Å². The third kappa shape index (κ3) is 7.54. The largest absolute Gasteiger partial charge is 0.357 e. The van der Waals surface area contributed by atoms with E-state index in [1.165, 1.54) is 42.3 Å². The molecule has 11 heteroatoms. The van der Waals surface area contributed by atoms with Crippen LogP contribution in [-0.2, 0) is 32.6 Å². The number of rotatable bonds is 11. The smallest absolute Gasteiger partial charge is 0.264 e. The molecule has 0 aliphatic heterocycles. The highest BCUT2D eigenvalue weighted by Gasteiger charge is 2.35. The summed E-state index contributed by atoms with van der Waals surface area (Å²) in [5, 5.41) is 3.13. The van der Waals surface area contributed by atoms with E-state index in [0.29, 0.717) is 5.56 Å². The Morgan fingerprint density at radius 1 is 0.860 bits per heavy atom. The molecular weight excluding hydrogens is 612 g/mol. The van der Waals surface area contributed by atoms with Crippen LogP contribution in [0.15, 0.2) is 102 Å². The third-order valence-corrected chi connectivity index (χ3v) is 9.40. The van der Waals surface area contributed by atoms with Gasteiger partial charge in [0.2, 0.25) is 11.8 Å². The lowest BCUT2D eigenvalue weighted by atomic mass is 10.0. The molecule has 0 spiro atoms. The van der Waals surface area contributed by atoms with Crippen LogP contribution in [-0.4, -0.2) is 44.8 Å². The maximum Gasteiger partial charge on any atom is 0.264 e. The number of nitrogens with zero attached hydrogens (tertiary/aromatic N) is 2. The van der Waals surface area contributed by atoms with Crippen molar-refractivity contribution >= 4 is 50.7 Å². The average molecular weight is 643 g/mol. The van der Waals surface area contributed by atoms with Crippen molar-refractivity contribution in [1.29, 1.82) is 0 Å². The number of hydrogen-bond donors (Lipinski definition) is 1. The Hall–Kier alpha value is -3.92. The van der Waals surface area contributed by atoms with Crippen molar-refractivity contribution < 1.29 is 22.4 Å². The van der Waals surface area contributed by atoms with Crippen molar-refractivity contribution in [3.63, 3.8) is 0 Å². The second-order valence-electron chi connectivity index (χ2n) is 9.82. The van der Waals surface area contributed by atoms with Gasteiger partial charge in [-0.15, -0.1) is 0 Å². The van der Waals surface area contributed by atoms with Crippen molar-refractivity contribution in [3.05, 3.63) is 130 Å². The van der Waals surface area contributed by atoms with E-state index in [9.17, 15) is 18.0 Å². The van der Waals surface area contributed by atoms with E-state index in [4.69, 9.17) is 23.2 Å². The second-order valence-corrected chi connectivity index (χ2v) is 12.5. The minimum absolute atomic E-state index is 0.110. The Labute approximate surface area is 260 Å². The van der Waals surface area contributed by atoms with Crippen LogP contribution in [0.5, 0.6) is 0 Å². The topological polar surface area (TPSA) is 86.8 Å². The van der Waals surface area contributed by atoms with E-state index in [0.717, 1.165) is 21.5 Å². The van der Waals surface area contributed by atoms with Crippen LogP contribution in [0.1, 0.15) is 16.7 Å². The molecule has 1 atom stereocenters. The fourth-order valence-electron chi connectivity index (χ4n) is 4.58. The first-order valence-electron chi connectivity index (χ1n) is 13.3. The molecule has 2 amide bonds. The molecule has 1 N–H and O–H groups in total. The number of amides is 2. The van der Waals surface area contributed by atoms with Crippen LogP contribution in [0.2, 0.25) is 10.0 Å². The summed E-state index contributed by atoms with van der Waals surface area (Å²) in [6, 6.07) is 24.1. The highest BCUT2D eigenvalue weighted by Crippen LogP contribution is 2.30. The number of aryl methyl sites for hydroxylation is 1. The molecule has 0 radical (unpaired) electrons. The lowest BCUT2D eigenvalue weighted by molar-refractivity contribution is -0.139. The predicted molar refractivity (Wildman–Crippen MR) is 167 cm³/mol. The van der Waals surface area contributed by atoms with Gasteiger partial charge in [-0.3, -0.25) is 13.9 Å². The Morgan fingerprint density at radius 2 is 1.47 bits per heavy atom. The van der Waals surface area contributed by atoms with Crippen molar-refractivity contribution in [3.8, 4) is 0 Å². The van der Waals surface area contributed by atoms with Gasteiger partial charge in [-0.2, -0.15) is 0 Å². The quantitative estimate of drug-likeness (QED) is 0.217. The molecule has 0 saturated heterocycles. The van der Waals surface area contributed by atoms with Gasteiger partial charge < -0.3 is 10.2 Å². The van der Waals surface area contributed by atoms with Gasteiger partial charge in [0, 0.05) is 35.6 Å². The second kappa shape index (κ2) is 14.0. The summed E-state index contributed by atoms with van der Waals surface area (Å²) in [6.45, 7) is 0.789. The zero-order valence-corrected chi connectivity index (χ0v) is 25.8. The van der Waals surface area contributed by atoms with Gasteiger partial charge in [0.25, 0.3) is 10.0 Å². The van der Waals surface area contributed by atoms with Crippen molar-refractivity contribution in [1.82, 2.24) is 10.2 Å². The summed E-state index contributed by atoms with van der Waals surface area (Å²) in [7, 11) is -2.98. The van der Waals surface area contributed by atoms with Gasteiger partial charge in [0.05, 0.1) is 10.6 Å². The molecule has 4 rings (SSSR count). The first-order chi connectivity index (χ1) is 20.5. The zero-order chi connectivity index (χ0) is 31.1. The van der Waals surface area contributed by atoms with Crippen molar-refractivity contribution in [2.75, 3.05) is 17.9 Å². The van der Waals surface area contributed by atoms with Gasteiger partial charge in [-0.1, -0.05) is 89.4 Å². The van der Waals surface area contributed by atoms with E-state index >= 15 is 4.39 Å². The van der Waals surface area contributed by atoms with E-state index in [1.54, 1.807) is 49.4 Å². The molecule has 7 nitrogen and oxygen atoms in total.